The van der Waals surface area contributed by atoms with E-state index in [1.807, 2.05) is 38.2 Å². The zero-order valence-electron chi connectivity index (χ0n) is 10.3. The Labute approximate surface area is 100 Å². The minimum atomic E-state index is 0.654. The number of ether oxygens (including phenoxy) is 1. The summed E-state index contributed by atoms with van der Waals surface area (Å²) in [7, 11) is 3.54. The molecule has 90 valence electrons. The number of aromatic nitrogens is 3. The van der Waals surface area contributed by atoms with Crippen molar-refractivity contribution in [3.8, 4) is 5.75 Å². The maximum atomic E-state index is 5.10. The van der Waals surface area contributed by atoms with Gasteiger partial charge in [0.05, 0.1) is 7.11 Å². The van der Waals surface area contributed by atoms with E-state index >= 15 is 0 Å². The summed E-state index contributed by atoms with van der Waals surface area (Å²) in [5.74, 6) is 2.41. The zero-order chi connectivity index (χ0) is 12.3. The van der Waals surface area contributed by atoms with Crippen LogP contribution in [0.5, 0.6) is 5.75 Å². The number of methoxy groups -OCH3 is 1. The van der Waals surface area contributed by atoms with E-state index in [1.54, 1.807) is 11.8 Å². The Bertz CT molecular complexity index is 470. The number of hydrogen-bond donors (Lipinski definition) is 1. The Hall–Kier alpha value is -2.04. The molecule has 0 atom stereocenters. The maximum Gasteiger partial charge on any atom is 0.242 e. The summed E-state index contributed by atoms with van der Waals surface area (Å²) in [6, 6.07) is 7.91. The normalized spacial score (nSPS) is 10.3. The summed E-state index contributed by atoms with van der Waals surface area (Å²) >= 11 is 0. The molecule has 0 aliphatic heterocycles. The number of hydrogen-bond acceptors (Lipinski definition) is 4. The van der Waals surface area contributed by atoms with Crippen molar-refractivity contribution in [1.82, 2.24) is 14.8 Å². The molecule has 0 spiro atoms. The summed E-state index contributed by atoms with van der Waals surface area (Å²) in [6.07, 6.45) is 0. The second kappa shape index (κ2) is 4.86. The van der Waals surface area contributed by atoms with Crippen molar-refractivity contribution >= 4 is 5.95 Å². The van der Waals surface area contributed by atoms with Gasteiger partial charge in [-0.15, -0.1) is 5.10 Å². The molecule has 0 radical (unpaired) electrons. The zero-order valence-corrected chi connectivity index (χ0v) is 10.3. The van der Waals surface area contributed by atoms with Crippen LogP contribution in [0.15, 0.2) is 24.3 Å². The molecular formula is C12H16N4O. The first-order valence-corrected chi connectivity index (χ1v) is 5.43. The van der Waals surface area contributed by atoms with Crippen molar-refractivity contribution in [2.75, 3.05) is 12.4 Å². The highest BCUT2D eigenvalue weighted by Crippen LogP contribution is 2.12. The van der Waals surface area contributed by atoms with Gasteiger partial charge in [-0.2, -0.15) is 4.98 Å². The van der Waals surface area contributed by atoms with Crippen LogP contribution in [-0.2, 0) is 13.6 Å². The molecule has 0 saturated carbocycles. The molecule has 2 aromatic rings. The third-order valence-corrected chi connectivity index (χ3v) is 2.59. The third-order valence-electron chi connectivity index (χ3n) is 2.59. The van der Waals surface area contributed by atoms with Crippen LogP contribution in [0.25, 0.3) is 0 Å². The molecule has 0 bridgehead atoms. The summed E-state index contributed by atoms with van der Waals surface area (Å²) in [5, 5.41) is 7.40. The lowest BCUT2D eigenvalue weighted by atomic mass is 10.2. The van der Waals surface area contributed by atoms with Gasteiger partial charge in [0, 0.05) is 13.6 Å². The van der Waals surface area contributed by atoms with Crippen LogP contribution in [0.1, 0.15) is 11.4 Å². The molecule has 2 rings (SSSR count). The molecule has 0 fully saturated rings. The van der Waals surface area contributed by atoms with Crippen LogP contribution in [-0.4, -0.2) is 21.9 Å². The largest absolute Gasteiger partial charge is 0.497 e. The fraction of sp³-hybridized carbons (Fsp3) is 0.333. The molecule has 0 aliphatic rings. The molecule has 0 unspecified atom stereocenters. The predicted octanol–water partition coefficient (Wildman–Crippen LogP) is 1.74. The molecule has 1 N–H and O–H groups in total. The first kappa shape index (κ1) is 11.4. The van der Waals surface area contributed by atoms with E-state index in [2.05, 4.69) is 15.4 Å². The molecule has 1 aromatic heterocycles. The van der Waals surface area contributed by atoms with Crippen LogP contribution in [0.4, 0.5) is 5.95 Å². The van der Waals surface area contributed by atoms with Gasteiger partial charge in [0.1, 0.15) is 11.6 Å². The second-order valence-electron chi connectivity index (χ2n) is 3.81. The van der Waals surface area contributed by atoms with Gasteiger partial charge in [-0.25, -0.2) is 0 Å². The third kappa shape index (κ3) is 2.75. The molecule has 17 heavy (non-hydrogen) atoms. The Morgan fingerprint density at radius 2 is 2.00 bits per heavy atom. The number of rotatable bonds is 4. The standard InChI is InChI=1S/C12H16N4O/c1-9-14-12(15-16(9)2)13-8-10-4-6-11(17-3)7-5-10/h4-7H,8H2,1-3H3,(H,13,15). The number of nitrogens with one attached hydrogen (secondary N) is 1. The Morgan fingerprint density at radius 1 is 1.29 bits per heavy atom. The van der Waals surface area contributed by atoms with E-state index in [1.165, 1.54) is 0 Å². The first-order valence-electron chi connectivity index (χ1n) is 5.43. The molecule has 1 aromatic carbocycles. The van der Waals surface area contributed by atoms with Gasteiger partial charge < -0.3 is 10.1 Å². The maximum absolute atomic E-state index is 5.10. The van der Waals surface area contributed by atoms with Gasteiger partial charge >= 0.3 is 0 Å². The van der Waals surface area contributed by atoms with Crippen molar-refractivity contribution in [2.45, 2.75) is 13.5 Å². The minimum Gasteiger partial charge on any atom is -0.497 e. The lowest BCUT2D eigenvalue weighted by Gasteiger charge is -2.03. The van der Waals surface area contributed by atoms with Crippen molar-refractivity contribution < 1.29 is 4.74 Å². The predicted molar refractivity (Wildman–Crippen MR) is 66.1 cm³/mol. The molecule has 0 aliphatic carbocycles. The van der Waals surface area contributed by atoms with Crippen LogP contribution in [0.3, 0.4) is 0 Å². The first-order chi connectivity index (χ1) is 8.19. The topological polar surface area (TPSA) is 52.0 Å². The SMILES string of the molecule is COc1ccc(CNc2nc(C)n(C)n2)cc1. The molecule has 5 nitrogen and oxygen atoms in total. The molecule has 1 heterocycles. The van der Waals surface area contributed by atoms with E-state index in [-0.39, 0.29) is 0 Å². The highest BCUT2D eigenvalue weighted by molar-refractivity contribution is 5.31. The molecule has 0 amide bonds. The Kier molecular flexibility index (Phi) is 3.27. The summed E-state index contributed by atoms with van der Waals surface area (Å²) in [5.41, 5.74) is 1.16. The lowest BCUT2D eigenvalue weighted by Crippen LogP contribution is -2.01. The van der Waals surface area contributed by atoms with Gasteiger partial charge in [0.25, 0.3) is 0 Å². The molecular weight excluding hydrogens is 216 g/mol. The Balaban J connectivity index is 1.97. The van der Waals surface area contributed by atoms with E-state index in [0.717, 1.165) is 17.1 Å². The fourth-order valence-electron chi connectivity index (χ4n) is 1.46. The van der Waals surface area contributed by atoms with Crippen molar-refractivity contribution in [1.29, 1.82) is 0 Å². The van der Waals surface area contributed by atoms with Crippen LogP contribution in [0, 0.1) is 6.92 Å². The van der Waals surface area contributed by atoms with E-state index in [9.17, 15) is 0 Å². The highest BCUT2D eigenvalue weighted by atomic mass is 16.5. The van der Waals surface area contributed by atoms with E-state index in [0.29, 0.717) is 12.5 Å². The number of aryl methyl sites for hydroxylation is 2. The number of benzene rings is 1. The minimum absolute atomic E-state index is 0.654. The molecule has 5 heteroatoms. The van der Waals surface area contributed by atoms with Gasteiger partial charge in [-0.05, 0) is 24.6 Å². The van der Waals surface area contributed by atoms with Crippen molar-refractivity contribution in [3.05, 3.63) is 35.7 Å². The second-order valence-corrected chi connectivity index (χ2v) is 3.81. The van der Waals surface area contributed by atoms with E-state index < -0.39 is 0 Å². The molecule has 0 saturated heterocycles. The van der Waals surface area contributed by atoms with Crippen LogP contribution >= 0.6 is 0 Å². The fourth-order valence-corrected chi connectivity index (χ4v) is 1.46. The van der Waals surface area contributed by atoms with Crippen LogP contribution < -0.4 is 10.1 Å². The van der Waals surface area contributed by atoms with Gasteiger partial charge in [-0.1, -0.05) is 12.1 Å². The van der Waals surface area contributed by atoms with Gasteiger partial charge in [0.2, 0.25) is 5.95 Å². The summed E-state index contributed by atoms with van der Waals surface area (Å²) in [6.45, 7) is 2.62. The van der Waals surface area contributed by atoms with Gasteiger partial charge in [-0.3, -0.25) is 4.68 Å². The van der Waals surface area contributed by atoms with Crippen molar-refractivity contribution in [2.24, 2.45) is 7.05 Å². The summed E-state index contributed by atoms with van der Waals surface area (Å²) < 4.78 is 6.85. The van der Waals surface area contributed by atoms with Gasteiger partial charge in [0.15, 0.2) is 0 Å². The average molecular weight is 232 g/mol. The van der Waals surface area contributed by atoms with Crippen molar-refractivity contribution in [3.63, 3.8) is 0 Å². The quantitative estimate of drug-likeness (QED) is 0.872. The van der Waals surface area contributed by atoms with Crippen LogP contribution in [0.2, 0.25) is 0 Å². The smallest absolute Gasteiger partial charge is 0.242 e. The monoisotopic (exact) mass is 232 g/mol. The van der Waals surface area contributed by atoms with E-state index in [4.69, 9.17) is 4.74 Å². The number of nitrogens with zero attached hydrogens (tertiary/aromatic N) is 3. The number of anilines is 1. The highest BCUT2D eigenvalue weighted by Gasteiger charge is 2.02. The average Bonchev–Trinajstić information content (AvgIpc) is 2.67. The Morgan fingerprint density at radius 3 is 2.53 bits per heavy atom. The summed E-state index contributed by atoms with van der Waals surface area (Å²) in [4.78, 5) is 4.28. The lowest BCUT2D eigenvalue weighted by molar-refractivity contribution is 0.414.